The van der Waals surface area contributed by atoms with Gasteiger partial charge in [0.2, 0.25) is 0 Å². The largest absolute Gasteiger partial charge is 0.383 e. The average Bonchev–Trinajstić information content (AvgIpc) is 3.32. The van der Waals surface area contributed by atoms with Crippen molar-refractivity contribution in [2.45, 2.75) is 43.9 Å². The molecule has 1 fully saturated rings. The molecule has 1 aromatic heterocycles. The fraction of sp³-hybridized carbons (Fsp3) is 0.346. The predicted molar refractivity (Wildman–Crippen MR) is 136 cm³/mol. The van der Waals surface area contributed by atoms with Crippen LogP contribution in [0.15, 0.2) is 51.9 Å². The van der Waals surface area contributed by atoms with E-state index in [1.54, 1.807) is 23.5 Å². The van der Waals surface area contributed by atoms with Gasteiger partial charge >= 0.3 is 0 Å². The number of carbonyl (C=O) groups excluding carboxylic acids is 1. The number of amidine groups is 1. The number of nitro groups is 1. The van der Waals surface area contributed by atoms with Gasteiger partial charge in [-0.2, -0.15) is 5.26 Å². The number of ketones is 1. The van der Waals surface area contributed by atoms with Crippen LogP contribution in [0.2, 0.25) is 0 Å². The Bertz CT molecular complexity index is 1520. The molecule has 0 amide bonds. The van der Waals surface area contributed by atoms with E-state index >= 15 is 0 Å². The van der Waals surface area contributed by atoms with Crippen molar-refractivity contribution < 1.29 is 9.72 Å². The number of carbonyl (C=O) groups is 1. The van der Waals surface area contributed by atoms with Crippen molar-refractivity contribution in [3.63, 3.8) is 0 Å². The minimum atomic E-state index is -0.712. The number of hydrogen-bond donors (Lipinski definition) is 1. The van der Waals surface area contributed by atoms with Crippen LogP contribution in [-0.2, 0) is 4.79 Å². The number of anilines is 2. The molecule has 0 radical (unpaired) electrons. The molecule has 0 spiro atoms. The third kappa shape index (κ3) is 2.74. The van der Waals surface area contributed by atoms with E-state index in [1.807, 2.05) is 4.90 Å². The Labute approximate surface area is 211 Å². The van der Waals surface area contributed by atoms with Crippen molar-refractivity contribution in [1.82, 2.24) is 0 Å². The van der Waals surface area contributed by atoms with Crippen molar-refractivity contribution in [1.29, 1.82) is 5.26 Å². The van der Waals surface area contributed by atoms with Gasteiger partial charge in [-0.15, -0.1) is 0 Å². The highest BCUT2D eigenvalue weighted by molar-refractivity contribution is 7.21. The number of nitriles is 1. The second-order valence-corrected chi connectivity index (χ2v) is 10.8. The van der Waals surface area contributed by atoms with Crippen LogP contribution in [0.5, 0.6) is 0 Å². The van der Waals surface area contributed by atoms with Crippen LogP contribution in [-0.4, -0.2) is 29.6 Å². The zero-order chi connectivity index (χ0) is 24.7. The molecule has 10 heteroatoms. The number of nitrogens with zero attached hydrogens (tertiary/aromatic N) is 5. The Balaban J connectivity index is 1.50. The molecule has 2 N–H and O–H groups in total. The highest BCUT2D eigenvalue weighted by Crippen LogP contribution is 2.57. The lowest BCUT2D eigenvalue weighted by molar-refractivity contribution is -0.384. The van der Waals surface area contributed by atoms with Crippen LogP contribution in [0.1, 0.15) is 60.6 Å². The van der Waals surface area contributed by atoms with E-state index in [4.69, 9.17) is 10.7 Å². The Hall–Kier alpha value is -3.97. The number of aliphatic imine (C=N–C) groups is 1. The predicted octanol–water partition coefficient (Wildman–Crippen LogP) is 4.42. The maximum atomic E-state index is 13.4. The minimum absolute atomic E-state index is 0.0197. The molecule has 9 nitrogen and oxygen atoms in total. The molecule has 5 aliphatic heterocycles. The molecule has 6 heterocycles. The maximum absolute atomic E-state index is 13.4. The summed E-state index contributed by atoms with van der Waals surface area (Å²) in [5, 5.41) is 24.1. The van der Waals surface area contributed by atoms with Crippen LogP contribution in [0.4, 0.5) is 15.7 Å². The monoisotopic (exact) mass is 498 g/mol. The molecular formula is C26H22N6O3S. The summed E-state index contributed by atoms with van der Waals surface area (Å²) < 4.78 is 0. The van der Waals surface area contributed by atoms with Crippen LogP contribution in [0.3, 0.4) is 0 Å². The van der Waals surface area contributed by atoms with E-state index in [9.17, 15) is 20.2 Å². The fourth-order valence-electron chi connectivity index (χ4n) is 6.50. The Morgan fingerprint density at radius 1 is 1.22 bits per heavy atom. The Kier molecular flexibility index (Phi) is 4.45. The van der Waals surface area contributed by atoms with E-state index < -0.39 is 10.8 Å². The van der Waals surface area contributed by atoms with Gasteiger partial charge in [-0.3, -0.25) is 19.8 Å². The smallest absolute Gasteiger partial charge is 0.269 e. The van der Waals surface area contributed by atoms with Gasteiger partial charge in [-0.25, -0.2) is 4.99 Å². The van der Waals surface area contributed by atoms with Crippen molar-refractivity contribution in [3.05, 3.63) is 73.7 Å². The molecule has 0 saturated carbocycles. The molecule has 6 aliphatic rings. The molecule has 0 unspecified atom stereocenters. The minimum Gasteiger partial charge on any atom is -0.383 e. The lowest BCUT2D eigenvalue weighted by Gasteiger charge is -2.41. The van der Waals surface area contributed by atoms with Gasteiger partial charge in [0.15, 0.2) is 11.6 Å². The topological polar surface area (TPSA) is 129 Å². The SMILES string of the molecule is N#CC1=C2N=C(N)c3c(sc4c3C3CCN4CC3)N2C2=C(C(=O)CCC2)[C@@H]1c1cccc([N+](=O)[O-])c1. The third-order valence-corrected chi connectivity index (χ3v) is 9.30. The number of benzene rings is 1. The highest BCUT2D eigenvalue weighted by atomic mass is 32.1. The molecule has 1 atom stereocenters. The number of hydrogen-bond acceptors (Lipinski definition) is 9. The molecular weight excluding hydrogens is 476 g/mol. The second kappa shape index (κ2) is 7.51. The van der Waals surface area contributed by atoms with Crippen LogP contribution in [0, 0.1) is 21.4 Å². The van der Waals surface area contributed by atoms with Gasteiger partial charge in [0.25, 0.3) is 5.69 Å². The Morgan fingerprint density at radius 3 is 2.78 bits per heavy atom. The second-order valence-electron chi connectivity index (χ2n) is 9.87. The summed E-state index contributed by atoms with van der Waals surface area (Å²) in [6.45, 7) is 2.06. The summed E-state index contributed by atoms with van der Waals surface area (Å²) in [6, 6.07) is 8.53. The molecule has 1 aromatic carbocycles. The summed E-state index contributed by atoms with van der Waals surface area (Å²) in [4.78, 5) is 33.7. The lowest BCUT2D eigenvalue weighted by atomic mass is 9.75. The van der Waals surface area contributed by atoms with Gasteiger partial charge in [-0.05, 0) is 37.2 Å². The molecule has 2 bridgehead atoms. The Morgan fingerprint density at radius 2 is 2.03 bits per heavy atom. The van der Waals surface area contributed by atoms with Crippen molar-refractivity contribution in [3.8, 4) is 6.07 Å². The standard InChI is InChI=1S/C26H22N6O3S/c27-12-16-19(14-3-1-4-15(11-14)32(34)35)21-17(5-2-6-18(21)33)31-24(16)29-23(28)22-20-13-7-9-30(10-8-13)25(20)36-26(22)31/h1,3-4,11,13,19H,2,5-10H2,(H2,28,29)/t19-/m1/s1. The van der Waals surface area contributed by atoms with Gasteiger partial charge in [-0.1, -0.05) is 23.5 Å². The fourth-order valence-corrected chi connectivity index (χ4v) is 7.98. The summed E-state index contributed by atoms with van der Waals surface area (Å²) in [7, 11) is 0. The number of nitrogens with two attached hydrogens (primary N) is 1. The van der Waals surface area contributed by atoms with Gasteiger partial charge in [0.05, 0.1) is 33.0 Å². The molecule has 8 rings (SSSR count). The molecule has 1 saturated heterocycles. The zero-order valence-electron chi connectivity index (χ0n) is 19.4. The number of Topliss-reactive ketones (excluding diaryl/α,β-unsaturated/α-hetero) is 1. The van der Waals surface area contributed by atoms with Crippen molar-refractivity contribution in [2.75, 3.05) is 22.9 Å². The van der Waals surface area contributed by atoms with Crippen LogP contribution >= 0.6 is 11.3 Å². The first-order valence-electron chi connectivity index (χ1n) is 12.2. The molecule has 2 aromatic rings. The average molecular weight is 499 g/mol. The number of allylic oxidation sites excluding steroid dienone is 3. The van der Waals surface area contributed by atoms with Crippen molar-refractivity contribution in [2.24, 2.45) is 10.7 Å². The van der Waals surface area contributed by atoms with Gasteiger partial charge in [0.1, 0.15) is 10.8 Å². The summed E-state index contributed by atoms with van der Waals surface area (Å²) in [5.41, 5.74) is 11.0. The maximum Gasteiger partial charge on any atom is 0.269 e. The van der Waals surface area contributed by atoms with E-state index in [-0.39, 0.29) is 11.5 Å². The van der Waals surface area contributed by atoms with Gasteiger partial charge < -0.3 is 10.6 Å². The van der Waals surface area contributed by atoms with E-state index in [0.717, 1.165) is 42.2 Å². The molecule has 36 heavy (non-hydrogen) atoms. The number of nitro benzene ring substituents is 1. The first kappa shape index (κ1) is 21.3. The number of non-ortho nitro benzene ring substituents is 1. The first-order valence-corrected chi connectivity index (χ1v) is 13.0. The van der Waals surface area contributed by atoms with Crippen molar-refractivity contribution >= 4 is 38.6 Å². The van der Waals surface area contributed by atoms with E-state index in [1.165, 1.54) is 22.7 Å². The highest BCUT2D eigenvalue weighted by Gasteiger charge is 2.46. The zero-order valence-corrected chi connectivity index (χ0v) is 20.2. The number of thiophene rings is 1. The van der Waals surface area contributed by atoms with Gasteiger partial charge in [0, 0.05) is 48.5 Å². The van der Waals surface area contributed by atoms with E-state index in [0.29, 0.717) is 53.5 Å². The number of rotatable bonds is 2. The normalized spacial score (nSPS) is 22.6. The van der Waals surface area contributed by atoms with Crippen LogP contribution in [0.25, 0.3) is 0 Å². The molecule has 1 aliphatic carbocycles. The quantitative estimate of drug-likeness (QED) is 0.479. The lowest BCUT2D eigenvalue weighted by Crippen LogP contribution is -2.40. The summed E-state index contributed by atoms with van der Waals surface area (Å²) in [5.74, 6) is 0.557. The van der Waals surface area contributed by atoms with Crippen LogP contribution < -0.4 is 15.5 Å². The van der Waals surface area contributed by atoms with E-state index in [2.05, 4.69) is 11.0 Å². The summed E-state index contributed by atoms with van der Waals surface area (Å²) in [6.07, 6.45) is 3.95. The first-order chi connectivity index (χ1) is 17.5. The third-order valence-electron chi connectivity index (χ3n) is 8.05. The number of fused-ring (bicyclic) bond motifs is 6. The number of piperidine rings is 1. The molecule has 180 valence electrons. The summed E-state index contributed by atoms with van der Waals surface area (Å²) >= 11 is 1.68.